The number of pyridine rings is 1. The first kappa shape index (κ1) is 22.7. The molecule has 0 unspecified atom stereocenters. The Balaban J connectivity index is 1.40. The molecule has 0 atom stereocenters. The number of rotatable bonds is 6. The van der Waals surface area contributed by atoms with Crippen LogP contribution in [0.25, 0.3) is 0 Å². The molecule has 3 aromatic rings. The van der Waals surface area contributed by atoms with E-state index in [1.807, 2.05) is 24.5 Å². The van der Waals surface area contributed by atoms with Crippen molar-refractivity contribution in [3.05, 3.63) is 72.2 Å². The van der Waals surface area contributed by atoms with E-state index in [0.717, 1.165) is 17.2 Å². The van der Waals surface area contributed by atoms with E-state index in [-0.39, 0.29) is 23.4 Å². The Bertz CT molecular complexity index is 1140. The predicted octanol–water partition coefficient (Wildman–Crippen LogP) is 3.56. The maximum absolute atomic E-state index is 13.9. The fraction of sp³-hybridized carbons (Fsp3) is 0.261. The number of nitrogens with zero attached hydrogens (tertiary/aromatic N) is 4. The first-order valence-corrected chi connectivity index (χ1v) is 11.6. The third-order valence-corrected chi connectivity index (χ3v) is 5.97. The lowest BCUT2D eigenvalue weighted by Crippen LogP contribution is -2.46. The van der Waals surface area contributed by atoms with Gasteiger partial charge in [0.15, 0.2) is 0 Å². The molecule has 4 rings (SSSR count). The van der Waals surface area contributed by atoms with Crippen molar-refractivity contribution in [1.82, 2.24) is 25.2 Å². The molecule has 170 valence electrons. The van der Waals surface area contributed by atoms with Crippen molar-refractivity contribution in [3.63, 3.8) is 0 Å². The van der Waals surface area contributed by atoms with E-state index < -0.39 is 11.7 Å². The molecule has 0 saturated carbocycles. The third kappa shape index (κ3) is 5.64. The maximum atomic E-state index is 13.9. The Kier molecular flexibility index (Phi) is 7.13. The molecule has 8 nitrogen and oxygen atoms in total. The normalized spacial score (nSPS) is 14.1. The van der Waals surface area contributed by atoms with Crippen LogP contribution in [-0.4, -0.2) is 57.1 Å². The van der Waals surface area contributed by atoms with Gasteiger partial charge >= 0.3 is 0 Å². The number of hydrogen-bond donors (Lipinski definition) is 1. The molecule has 0 radical (unpaired) electrons. The van der Waals surface area contributed by atoms with Gasteiger partial charge in [-0.05, 0) is 43.4 Å². The summed E-state index contributed by atoms with van der Waals surface area (Å²) in [4.78, 5) is 39.9. The van der Waals surface area contributed by atoms with Gasteiger partial charge in [0, 0.05) is 36.4 Å². The summed E-state index contributed by atoms with van der Waals surface area (Å²) in [6.07, 6.45) is 8.44. The number of amides is 2. The Hall–Kier alpha value is -3.53. The minimum Gasteiger partial charge on any atom is -0.438 e. The van der Waals surface area contributed by atoms with Crippen LogP contribution in [0.4, 0.5) is 4.39 Å². The summed E-state index contributed by atoms with van der Waals surface area (Å²) in [5.41, 5.74) is 0.447. The average Bonchev–Trinajstić information content (AvgIpc) is 2.85. The summed E-state index contributed by atoms with van der Waals surface area (Å²) in [5, 5.41) is 2.92. The van der Waals surface area contributed by atoms with Crippen LogP contribution in [0, 0.1) is 5.82 Å². The summed E-state index contributed by atoms with van der Waals surface area (Å²) in [6, 6.07) is 8.29. The lowest BCUT2D eigenvalue weighted by Gasteiger charge is -2.32. The van der Waals surface area contributed by atoms with Crippen molar-refractivity contribution in [2.24, 2.45) is 0 Å². The van der Waals surface area contributed by atoms with Crippen LogP contribution in [0.3, 0.4) is 0 Å². The smallest absolute Gasteiger partial charge is 0.257 e. The Morgan fingerprint density at radius 2 is 1.91 bits per heavy atom. The van der Waals surface area contributed by atoms with E-state index in [0.29, 0.717) is 37.2 Å². The van der Waals surface area contributed by atoms with Gasteiger partial charge in [-0.15, -0.1) is 11.8 Å². The number of likely N-dealkylation sites (tertiary alicyclic amines) is 1. The van der Waals surface area contributed by atoms with Gasteiger partial charge in [-0.1, -0.05) is 6.07 Å². The minimum absolute atomic E-state index is 0.0181. The average molecular weight is 468 g/mol. The second-order valence-corrected chi connectivity index (χ2v) is 8.33. The Morgan fingerprint density at radius 3 is 2.64 bits per heavy atom. The SMILES string of the molecule is CSc1cccc(Oc2ncc(F)cc2C(=O)NC2CCN(C(=O)c3cncnc3)CC2)c1. The highest BCUT2D eigenvalue weighted by atomic mass is 32.2. The van der Waals surface area contributed by atoms with Gasteiger partial charge < -0.3 is 15.0 Å². The van der Waals surface area contributed by atoms with E-state index in [9.17, 15) is 14.0 Å². The minimum atomic E-state index is -0.629. The van der Waals surface area contributed by atoms with Gasteiger partial charge in [0.2, 0.25) is 5.88 Å². The molecule has 1 aromatic carbocycles. The molecule has 1 fully saturated rings. The third-order valence-electron chi connectivity index (χ3n) is 5.24. The standard InChI is InChI=1S/C23H22FN5O3S/c1-33-19-4-2-3-18(10-19)32-22-20(9-16(24)13-27-22)21(30)28-17-5-7-29(8-6-17)23(31)15-11-25-14-26-12-15/h2-4,9-14,17H,5-8H2,1H3,(H,28,30). The summed E-state index contributed by atoms with van der Waals surface area (Å²) < 4.78 is 19.7. The zero-order valence-electron chi connectivity index (χ0n) is 17.9. The fourth-order valence-corrected chi connectivity index (χ4v) is 3.98. The van der Waals surface area contributed by atoms with Crippen molar-refractivity contribution >= 4 is 23.6 Å². The molecule has 3 heterocycles. The van der Waals surface area contributed by atoms with Gasteiger partial charge in [0.1, 0.15) is 23.5 Å². The highest BCUT2D eigenvalue weighted by Crippen LogP contribution is 2.27. The molecular formula is C23H22FN5O3S. The van der Waals surface area contributed by atoms with E-state index in [2.05, 4.69) is 20.3 Å². The molecule has 1 N–H and O–H groups in total. The molecule has 2 amide bonds. The molecule has 2 aromatic heterocycles. The van der Waals surface area contributed by atoms with Gasteiger partial charge in [0.05, 0.1) is 11.8 Å². The van der Waals surface area contributed by atoms with Gasteiger partial charge in [0.25, 0.3) is 11.8 Å². The quantitative estimate of drug-likeness (QED) is 0.554. The molecule has 0 spiro atoms. The fourth-order valence-electron chi connectivity index (χ4n) is 3.53. The van der Waals surface area contributed by atoms with Crippen LogP contribution in [0.2, 0.25) is 0 Å². The molecule has 33 heavy (non-hydrogen) atoms. The number of nitrogens with one attached hydrogen (secondary N) is 1. The monoisotopic (exact) mass is 467 g/mol. The number of ether oxygens (including phenoxy) is 1. The van der Waals surface area contributed by atoms with Crippen LogP contribution in [0.5, 0.6) is 11.6 Å². The van der Waals surface area contributed by atoms with Crippen molar-refractivity contribution < 1.29 is 18.7 Å². The Labute approximate surface area is 194 Å². The molecule has 1 saturated heterocycles. The molecular weight excluding hydrogens is 445 g/mol. The Morgan fingerprint density at radius 1 is 1.15 bits per heavy atom. The number of hydrogen-bond acceptors (Lipinski definition) is 7. The number of carbonyl (C=O) groups excluding carboxylic acids is 2. The number of thioether (sulfide) groups is 1. The van der Waals surface area contributed by atoms with Crippen LogP contribution >= 0.6 is 11.8 Å². The highest BCUT2D eigenvalue weighted by Gasteiger charge is 2.26. The van der Waals surface area contributed by atoms with E-state index in [4.69, 9.17) is 4.74 Å². The zero-order chi connectivity index (χ0) is 23.2. The molecule has 1 aliphatic heterocycles. The highest BCUT2D eigenvalue weighted by molar-refractivity contribution is 7.98. The first-order valence-electron chi connectivity index (χ1n) is 10.4. The number of carbonyl (C=O) groups is 2. The maximum Gasteiger partial charge on any atom is 0.257 e. The summed E-state index contributed by atoms with van der Waals surface area (Å²) in [7, 11) is 0. The van der Waals surface area contributed by atoms with Crippen molar-refractivity contribution in [2.75, 3.05) is 19.3 Å². The summed E-state index contributed by atoms with van der Waals surface area (Å²) in [5.74, 6) is -0.705. The van der Waals surface area contributed by atoms with Crippen molar-refractivity contribution in [3.8, 4) is 11.6 Å². The van der Waals surface area contributed by atoms with Gasteiger partial charge in [-0.2, -0.15) is 0 Å². The number of aromatic nitrogens is 3. The van der Waals surface area contributed by atoms with Gasteiger partial charge in [-0.25, -0.2) is 19.3 Å². The van der Waals surface area contributed by atoms with Crippen LogP contribution in [0.1, 0.15) is 33.6 Å². The van der Waals surface area contributed by atoms with Gasteiger partial charge in [-0.3, -0.25) is 9.59 Å². The number of halogens is 1. The van der Waals surface area contributed by atoms with Crippen molar-refractivity contribution in [1.29, 1.82) is 0 Å². The number of benzene rings is 1. The van der Waals surface area contributed by atoms with E-state index in [1.165, 1.54) is 18.7 Å². The molecule has 10 heteroatoms. The lowest BCUT2D eigenvalue weighted by molar-refractivity contribution is 0.0697. The van der Waals surface area contributed by atoms with Crippen molar-refractivity contribution in [2.45, 2.75) is 23.8 Å². The summed E-state index contributed by atoms with van der Waals surface area (Å²) in [6.45, 7) is 0.954. The van der Waals surface area contributed by atoms with Crippen LogP contribution < -0.4 is 10.1 Å². The second kappa shape index (κ2) is 10.4. The molecule has 0 bridgehead atoms. The zero-order valence-corrected chi connectivity index (χ0v) is 18.7. The topological polar surface area (TPSA) is 97.3 Å². The summed E-state index contributed by atoms with van der Waals surface area (Å²) >= 11 is 1.56. The van der Waals surface area contributed by atoms with E-state index >= 15 is 0 Å². The van der Waals surface area contributed by atoms with E-state index in [1.54, 1.807) is 22.7 Å². The van der Waals surface area contributed by atoms with Crippen LogP contribution in [-0.2, 0) is 0 Å². The first-order chi connectivity index (χ1) is 16.0. The molecule has 1 aliphatic rings. The predicted molar refractivity (Wildman–Crippen MR) is 121 cm³/mol. The lowest BCUT2D eigenvalue weighted by atomic mass is 10.0. The largest absolute Gasteiger partial charge is 0.438 e. The second-order valence-electron chi connectivity index (χ2n) is 7.45. The molecule has 0 aliphatic carbocycles. The van der Waals surface area contributed by atoms with Crippen LogP contribution in [0.15, 0.2) is 60.1 Å². The number of piperidine rings is 1.